The summed E-state index contributed by atoms with van der Waals surface area (Å²) < 4.78 is 0. The molecule has 4 aromatic rings. The number of fused-ring (bicyclic) bond motifs is 4. The van der Waals surface area contributed by atoms with Crippen molar-refractivity contribution in [3.8, 4) is 17.0 Å². The van der Waals surface area contributed by atoms with E-state index in [0.29, 0.717) is 12.1 Å². The van der Waals surface area contributed by atoms with Crippen molar-refractivity contribution < 1.29 is 5.11 Å². The highest BCUT2D eigenvalue weighted by atomic mass is 16.3. The minimum absolute atomic E-state index is 0.244. The molecule has 2 aliphatic heterocycles. The average molecular weight is 483 g/mol. The molecule has 2 N–H and O–H groups in total. The predicted octanol–water partition coefficient (Wildman–Crippen LogP) is 4.29. The molecule has 2 unspecified atom stereocenters. The maximum absolute atomic E-state index is 10.5. The molecular weight excluding hydrogens is 448 g/mol. The van der Waals surface area contributed by atoms with Gasteiger partial charge < -0.3 is 20.2 Å². The lowest BCUT2D eigenvalue weighted by Gasteiger charge is -2.34. The summed E-state index contributed by atoms with van der Waals surface area (Å²) in [5, 5.41) is 17.3. The highest BCUT2D eigenvalue weighted by molar-refractivity contribution is 6.01. The number of benzene rings is 2. The number of phenols is 1. The maximum Gasteiger partial charge on any atom is 0.141 e. The number of piperazine rings is 1. The zero-order chi connectivity index (χ0) is 24.8. The molecule has 4 heterocycles. The van der Waals surface area contributed by atoms with Crippen molar-refractivity contribution in [2.75, 3.05) is 38.6 Å². The van der Waals surface area contributed by atoms with Gasteiger partial charge in [-0.25, -0.2) is 9.97 Å². The molecule has 0 amide bonds. The van der Waals surface area contributed by atoms with E-state index in [9.17, 15) is 5.11 Å². The topological polar surface area (TPSA) is 77.4 Å². The van der Waals surface area contributed by atoms with Crippen LogP contribution >= 0.6 is 0 Å². The van der Waals surface area contributed by atoms with Crippen LogP contribution in [0.5, 0.6) is 5.75 Å². The molecular formula is C29H34N6O. The second-order valence-electron chi connectivity index (χ2n) is 10.6. The van der Waals surface area contributed by atoms with Gasteiger partial charge in [0.1, 0.15) is 17.4 Å². The minimum Gasteiger partial charge on any atom is -0.508 e. The molecule has 0 radical (unpaired) electrons. The van der Waals surface area contributed by atoms with Gasteiger partial charge in [-0.2, -0.15) is 0 Å². The van der Waals surface area contributed by atoms with E-state index in [1.165, 1.54) is 12.8 Å². The van der Waals surface area contributed by atoms with Gasteiger partial charge in [-0.15, -0.1) is 0 Å². The van der Waals surface area contributed by atoms with Crippen molar-refractivity contribution >= 4 is 27.5 Å². The second-order valence-corrected chi connectivity index (χ2v) is 10.6. The largest absolute Gasteiger partial charge is 0.508 e. The number of aromatic nitrogens is 3. The van der Waals surface area contributed by atoms with Crippen molar-refractivity contribution in [1.82, 2.24) is 25.2 Å². The zero-order valence-electron chi connectivity index (χ0n) is 21.3. The number of aryl methyl sites for hydroxylation is 2. The van der Waals surface area contributed by atoms with Crippen LogP contribution in [0.4, 0.5) is 5.82 Å². The summed E-state index contributed by atoms with van der Waals surface area (Å²) >= 11 is 0. The first-order chi connectivity index (χ1) is 17.5. The summed E-state index contributed by atoms with van der Waals surface area (Å²) in [5.41, 5.74) is 3.78. The van der Waals surface area contributed by atoms with E-state index in [2.05, 4.69) is 42.2 Å². The van der Waals surface area contributed by atoms with Crippen LogP contribution in [0, 0.1) is 6.92 Å². The minimum atomic E-state index is 0.244. The van der Waals surface area contributed by atoms with E-state index in [4.69, 9.17) is 15.0 Å². The third kappa shape index (κ3) is 4.27. The Balaban J connectivity index is 1.50. The SMILES string of the molecule is Cc1c(-c2cc(O)cc3ccccc23)ncc2c(N3CC4CCC(C3)N4)nc(CCCN(C)C)nc12. The zero-order valence-corrected chi connectivity index (χ0v) is 21.3. The highest BCUT2D eigenvalue weighted by Gasteiger charge is 2.33. The maximum atomic E-state index is 10.5. The van der Waals surface area contributed by atoms with Gasteiger partial charge in [0, 0.05) is 48.9 Å². The summed E-state index contributed by atoms with van der Waals surface area (Å²) in [4.78, 5) is 19.8. The lowest BCUT2D eigenvalue weighted by molar-refractivity contribution is 0.398. The molecule has 7 heteroatoms. The fourth-order valence-corrected chi connectivity index (χ4v) is 5.88. The Bertz CT molecular complexity index is 1420. The van der Waals surface area contributed by atoms with Crippen molar-refractivity contribution in [1.29, 1.82) is 0 Å². The average Bonchev–Trinajstić information content (AvgIpc) is 3.20. The number of rotatable bonds is 6. The molecule has 186 valence electrons. The first-order valence-corrected chi connectivity index (χ1v) is 13.0. The first kappa shape index (κ1) is 23.1. The lowest BCUT2D eigenvalue weighted by Crippen LogP contribution is -2.51. The van der Waals surface area contributed by atoms with Gasteiger partial charge in [0.25, 0.3) is 0 Å². The molecule has 36 heavy (non-hydrogen) atoms. The fraction of sp³-hybridized carbons (Fsp3) is 0.414. The smallest absolute Gasteiger partial charge is 0.141 e. The molecule has 6 rings (SSSR count). The van der Waals surface area contributed by atoms with E-state index < -0.39 is 0 Å². The number of nitrogens with zero attached hydrogens (tertiary/aromatic N) is 5. The van der Waals surface area contributed by atoms with Crippen LogP contribution in [-0.4, -0.2) is 70.8 Å². The summed E-state index contributed by atoms with van der Waals surface area (Å²) in [6, 6.07) is 12.8. The first-order valence-electron chi connectivity index (χ1n) is 13.0. The van der Waals surface area contributed by atoms with E-state index in [0.717, 1.165) is 82.6 Å². The van der Waals surface area contributed by atoms with Gasteiger partial charge in [0.05, 0.1) is 16.6 Å². The summed E-state index contributed by atoms with van der Waals surface area (Å²) in [6.45, 7) is 5.05. The van der Waals surface area contributed by atoms with E-state index in [-0.39, 0.29) is 5.75 Å². The number of anilines is 1. The lowest BCUT2D eigenvalue weighted by atomic mass is 9.97. The van der Waals surface area contributed by atoms with Gasteiger partial charge in [0.2, 0.25) is 0 Å². The standard InChI is InChI=1S/C29H34N6O/c1-18-27(24-14-22(36)13-19-7-4-5-8-23(19)24)30-15-25-28(18)32-26(9-6-12-34(2)3)33-29(25)35-16-20-10-11-21(17-35)31-20/h4-5,7-8,13-15,20-21,31,36H,6,9-12,16-17H2,1-3H3. The molecule has 0 saturated carbocycles. The number of pyridine rings is 1. The van der Waals surface area contributed by atoms with Crippen LogP contribution in [0.3, 0.4) is 0 Å². The third-order valence-corrected chi connectivity index (χ3v) is 7.63. The van der Waals surface area contributed by atoms with Gasteiger partial charge in [0.15, 0.2) is 0 Å². The van der Waals surface area contributed by atoms with Crippen LogP contribution in [0.1, 0.15) is 30.7 Å². The monoisotopic (exact) mass is 482 g/mol. The van der Waals surface area contributed by atoms with E-state index >= 15 is 0 Å². The third-order valence-electron chi connectivity index (χ3n) is 7.63. The molecule has 2 saturated heterocycles. The Kier molecular flexibility index (Phi) is 5.97. The number of hydrogen-bond acceptors (Lipinski definition) is 7. The van der Waals surface area contributed by atoms with E-state index in [1.807, 2.05) is 30.5 Å². The number of nitrogens with one attached hydrogen (secondary N) is 1. The summed E-state index contributed by atoms with van der Waals surface area (Å²) in [7, 11) is 4.20. The number of aromatic hydroxyl groups is 1. The van der Waals surface area contributed by atoms with Gasteiger partial charge >= 0.3 is 0 Å². The molecule has 2 aromatic carbocycles. The number of phenolic OH excluding ortho intramolecular Hbond substituents is 1. The molecule has 0 aliphatic carbocycles. The van der Waals surface area contributed by atoms with Crippen LogP contribution in [0.2, 0.25) is 0 Å². The van der Waals surface area contributed by atoms with Crippen molar-refractivity contribution in [2.45, 2.75) is 44.7 Å². The Morgan fingerprint density at radius 2 is 1.83 bits per heavy atom. The Hall–Kier alpha value is -3.29. The van der Waals surface area contributed by atoms with Gasteiger partial charge in [-0.05, 0) is 69.7 Å². The Morgan fingerprint density at radius 1 is 1.06 bits per heavy atom. The fourth-order valence-electron chi connectivity index (χ4n) is 5.88. The van der Waals surface area contributed by atoms with Crippen molar-refractivity contribution in [2.24, 2.45) is 0 Å². The van der Waals surface area contributed by atoms with Crippen molar-refractivity contribution in [3.05, 3.63) is 54.0 Å². The van der Waals surface area contributed by atoms with Crippen molar-refractivity contribution in [3.63, 3.8) is 0 Å². The van der Waals surface area contributed by atoms with Crippen LogP contribution in [-0.2, 0) is 6.42 Å². The number of hydrogen-bond donors (Lipinski definition) is 2. The van der Waals surface area contributed by atoms with Gasteiger partial charge in [-0.1, -0.05) is 24.3 Å². The molecule has 2 bridgehead atoms. The molecule has 2 aromatic heterocycles. The molecule has 7 nitrogen and oxygen atoms in total. The second kappa shape index (κ2) is 9.30. The summed E-state index contributed by atoms with van der Waals surface area (Å²) in [6.07, 6.45) is 6.25. The quantitative estimate of drug-likeness (QED) is 0.424. The normalized spacial score (nSPS) is 19.6. The molecule has 2 fully saturated rings. The summed E-state index contributed by atoms with van der Waals surface area (Å²) in [5.74, 6) is 2.15. The van der Waals surface area contributed by atoms with Gasteiger partial charge in [-0.3, -0.25) is 4.98 Å². The van der Waals surface area contributed by atoms with Crippen LogP contribution in [0.15, 0.2) is 42.6 Å². The van der Waals surface area contributed by atoms with Crippen LogP contribution in [0.25, 0.3) is 32.9 Å². The molecule has 2 aliphatic rings. The molecule has 0 spiro atoms. The van der Waals surface area contributed by atoms with E-state index in [1.54, 1.807) is 6.07 Å². The Labute approximate surface area is 212 Å². The Morgan fingerprint density at radius 3 is 2.61 bits per heavy atom. The van der Waals surface area contributed by atoms with Crippen LogP contribution < -0.4 is 10.2 Å². The predicted molar refractivity (Wildman–Crippen MR) is 146 cm³/mol. The highest BCUT2D eigenvalue weighted by Crippen LogP contribution is 2.37. The molecule has 2 atom stereocenters.